The van der Waals surface area contributed by atoms with Crippen LogP contribution in [0.2, 0.25) is 0 Å². The zero-order chi connectivity index (χ0) is 27.7. The van der Waals surface area contributed by atoms with Crippen molar-refractivity contribution in [2.24, 2.45) is 0 Å². The van der Waals surface area contributed by atoms with Crippen LogP contribution in [-0.2, 0) is 19.0 Å². The van der Waals surface area contributed by atoms with Crippen LogP contribution in [0.3, 0.4) is 0 Å². The van der Waals surface area contributed by atoms with E-state index >= 15 is 0 Å². The molecule has 208 valence electrons. The average molecular weight is 515 g/mol. The number of carbonyl (C=O) groups excluding carboxylic acids is 4. The molecule has 0 atom stereocenters. The van der Waals surface area contributed by atoms with Crippen molar-refractivity contribution >= 4 is 24.6 Å². The standard InChI is InChI=1S/C25H46N4O7/c1-23(2,3)34-20(31)27-12-10-26(18-19-30)11-13-28(21(32)35-24(4,5)6)15-17-29(16-14-27)22(33)36-25(7,8)9/h19H,10-18H2,1-9H3. The van der Waals surface area contributed by atoms with Crippen LogP contribution in [0.5, 0.6) is 0 Å². The zero-order valence-corrected chi connectivity index (χ0v) is 23.6. The third-order valence-corrected chi connectivity index (χ3v) is 4.94. The first-order valence-corrected chi connectivity index (χ1v) is 12.5. The lowest BCUT2D eigenvalue weighted by Crippen LogP contribution is -2.51. The van der Waals surface area contributed by atoms with Gasteiger partial charge in [-0.3, -0.25) is 4.90 Å². The molecule has 1 rings (SSSR count). The Morgan fingerprint density at radius 2 is 0.806 bits per heavy atom. The molecule has 0 radical (unpaired) electrons. The minimum atomic E-state index is -0.703. The Morgan fingerprint density at radius 1 is 0.556 bits per heavy atom. The van der Waals surface area contributed by atoms with Crippen molar-refractivity contribution in [1.29, 1.82) is 0 Å². The van der Waals surface area contributed by atoms with Crippen molar-refractivity contribution in [3.63, 3.8) is 0 Å². The van der Waals surface area contributed by atoms with Gasteiger partial charge >= 0.3 is 18.3 Å². The number of rotatable bonds is 2. The lowest BCUT2D eigenvalue weighted by molar-refractivity contribution is -0.108. The maximum Gasteiger partial charge on any atom is 0.410 e. The first-order valence-electron chi connectivity index (χ1n) is 12.5. The maximum absolute atomic E-state index is 13.0. The van der Waals surface area contributed by atoms with Crippen molar-refractivity contribution in [2.45, 2.75) is 79.1 Å². The summed E-state index contributed by atoms with van der Waals surface area (Å²) in [5.41, 5.74) is -2.06. The summed E-state index contributed by atoms with van der Waals surface area (Å²) < 4.78 is 16.7. The van der Waals surface area contributed by atoms with Crippen molar-refractivity contribution in [3.8, 4) is 0 Å². The number of nitrogens with zero attached hydrogens (tertiary/aromatic N) is 4. The molecule has 1 saturated heterocycles. The second kappa shape index (κ2) is 13.1. The third-order valence-electron chi connectivity index (χ3n) is 4.94. The van der Waals surface area contributed by atoms with E-state index < -0.39 is 35.1 Å². The summed E-state index contributed by atoms with van der Waals surface area (Å²) in [5, 5.41) is 0. The molecule has 0 N–H and O–H groups in total. The smallest absolute Gasteiger partial charge is 0.410 e. The molecule has 0 aromatic carbocycles. The van der Waals surface area contributed by atoms with Crippen LogP contribution in [0, 0.1) is 0 Å². The Kier molecular flexibility index (Phi) is 11.5. The fourth-order valence-electron chi connectivity index (χ4n) is 3.27. The topological polar surface area (TPSA) is 109 Å². The molecule has 0 aromatic rings. The minimum absolute atomic E-state index is 0.161. The minimum Gasteiger partial charge on any atom is -0.444 e. The summed E-state index contributed by atoms with van der Waals surface area (Å²) in [6.07, 6.45) is -0.725. The number of aldehydes is 1. The third kappa shape index (κ3) is 12.9. The van der Waals surface area contributed by atoms with Crippen LogP contribution < -0.4 is 0 Å². The fraction of sp³-hybridized carbons (Fsp3) is 0.840. The molecule has 0 aromatic heterocycles. The van der Waals surface area contributed by atoms with Gasteiger partial charge in [0.1, 0.15) is 23.1 Å². The lowest BCUT2D eigenvalue weighted by atomic mass is 10.2. The number of carbonyl (C=O) groups is 4. The first kappa shape index (κ1) is 31.5. The van der Waals surface area contributed by atoms with E-state index in [1.165, 1.54) is 14.7 Å². The number of hydrogen-bond acceptors (Lipinski definition) is 8. The van der Waals surface area contributed by atoms with E-state index in [0.717, 1.165) is 6.29 Å². The molecule has 1 aliphatic rings. The molecular weight excluding hydrogens is 468 g/mol. The van der Waals surface area contributed by atoms with Gasteiger partial charge < -0.3 is 33.7 Å². The van der Waals surface area contributed by atoms with Crippen molar-refractivity contribution in [2.75, 3.05) is 58.9 Å². The predicted octanol–water partition coefficient (Wildman–Crippen LogP) is 3.21. The second-order valence-corrected chi connectivity index (χ2v) is 11.9. The summed E-state index contributed by atoms with van der Waals surface area (Å²) in [7, 11) is 0. The molecule has 0 unspecified atom stereocenters. The van der Waals surface area contributed by atoms with Gasteiger partial charge in [0, 0.05) is 52.4 Å². The van der Waals surface area contributed by atoms with Gasteiger partial charge in [-0.2, -0.15) is 0 Å². The Morgan fingerprint density at radius 3 is 1.03 bits per heavy atom. The van der Waals surface area contributed by atoms with Crippen molar-refractivity contribution < 1.29 is 33.4 Å². The van der Waals surface area contributed by atoms with Gasteiger partial charge in [0.05, 0.1) is 6.54 Å². The van der Waals surface area contributed by atoms with Crippen LogP contribution in [0.25, 0.3) is 0 Å². The molecule has 3 amide bonds. The number of hydrogen-bond donors (Lipinski definition) is 0. The molecule has 0 bridgehead atoms. The Hall–Kier alpha value is -2.56. The van der Waals surface area contributed by atoms with E-state index in [9.17, 15) is 19.2 Å². The monoisotopic (exact) mass is 514 g/mol. The normalized spacial score (nSPS) is 17.5. The first-order chi connectivity index (χ1) is 16.4. The van der Waals surface area contributed by atoms with Gasteiger partial charge in [0.25, 0.3) is 0 Å². The molecule has 1 fully saturated rings. The van der Waals surface area contributed by atoms with Crippen molar-refractivity contribution in [1.82, 2.24) is 19.6 Å². The Balaban J connectivity index is 3.20. The van der Waals surface area contributed by atoms with E-state index in [0.29, 0.717) is 13.1 Å². The summed E-state index contributed by atoms with van der Waals surface area (Å²) in [6, 6.07) is 0. The van der Waals surface area contributed by atoms with E-state index in [2.05, 4.69) is 0 Å². The van der Waals surface area contributed by atoms with E-state index in [1.54, 1.807) is 62.3 Å². The highest BCUT2D eigenvalue weighted by molar-refractivity contribution is 5.70. The molecular formula is C25H46N4O7. The van der Waals surface area contributed by atoms with Crippen LogP contribution in [0.4, 0.5) is 14.4 Å². The van der Waals surface area contributed by atoms with Crippen LogP contribution >= 0.6 is 0 Å². The summed E-state index contributed by atoms with van der Waals surface area (Å²) >= 11 is 0. The molecule has 11 heteroatoms. The Labute approximate surface area is 216 Å². The number of amides is 3. The van der Waals surface area contributed by atoms with Gasteiger partial charge in [-0.1, -0.05) is 0 Å². The highest BCUT2D eigenvalue weighted by Gasteiger charge is 2.29. The highest BCUT2D eigenvalue weighted by atomic mass is 16.6. The molecule has 0 saturated carbocycles. The number of ether oxygens (including phenoxy) is 3. The van der Waals surface area contributed by atoms with Gasteiger partial charge in [-0.05, 0) is 62.3 Å². The molecule has 11 nitrogen and oxygen atoms in total. The van der Waals surface area contributed by atoms with E-state index in [-0.39, 0.29) is 45.8 Å². The van der Waals surface area contributed by atoms with Crippen LogP contribution in [-0.4, -0.2) is 120 Å². The lowest BCUT2D eigenvalue weighted by Gasteiger charge is -2.35. The highest BCUT2D eigenvalue weighted by Crippen LogP contribution is 2.14. The van der Waals surface area contributed by atoms with Crippen LogP contribution in [0.15, 0.2) is 0 Å². The van der Waals surface area contributed by atoms with Crippen molar-refractivity contribution in [3.05, 3.63) is 0 Å². The van der Waals surface area contributed by atoms with Gasteiger partial charge in [-0.15, -0.1) is 0 Å². The van der Waals surface area contributed by atoms with E-state index in [4.69, 9.17) is 14.2 Å². The van der Waals surface area contributed by atoms with E-state index in [1.807, 2.05) is 4.90 Å². The second-order valence-electron chi connectivity index (χ2n) is 11.9. The summed E-state index contributed by atoms with van der Waals surface area (Å²) in [6.45, 7) is 18.4. The zero-order valence-electron chi connectivity index (χ0n) is 23.6. The SMILES string of the molecule is CC(C)(C)OC(=O)N1CCN(CC=O)CCN(C(=O)OC(C)(C)C)CCN(C(=O)OC(C)(C)C)CC1. The molecule has 1 aliphatic heterocycles. The molecule has 0 aliphatic carbocycles. The molecule has 0 spiro atoms. The molecule has 36 heavy (non-hydrogen) atoms. The predicted molar refractivity (Wildman–Crippen MR) is 136 cm³/mol. The quantitative estimate of drug-likeness (QED) is 0.408. The van der Waals surface area contributed by atoms with Gasteiger partial charge in [0.15, 0.2) is 0 Å². The summed E-state index contributed by atoms with van der Waals surface area (Å²) in [4.78, 5) is 56.4. The van der Waals surface area contributed by atoms with Crippen LogP contribution in [0.1, 0.15) is 62.3 Å². The summed E-state index contributed by atoms with van der Waals surface area (Å²) in [5.74, 6) is 0. The average Bonchev–Trinajstić information content (AvgIpc) is 2.66. The largest absolute Gasteiger partial charge is 0.444 e. The maximum atomic E-state index is 13.0. The molecule has 1 heterocycles. The van der Waals surface area contributed by atoms with Gasteiger partial charge in [-0.25, -0.2) is 14.4 Å². The fourth-order valence-corrected chi connectivity index (χ4v) is 3.27. The Bertz CT molecular complexity index is 709. The van der Waals surface area contributed by atoms with Gasteiger partial charge in [0.2, 0.25) is 0 Å².